The third-order valence-corrected chi connectivity index (χ3v) is 4.20. The Morgan fingerprint density at radius 1 is 1.10 bits per heavy atom. The molecule has 0 saturated carbocycles. The summed E-state index contributed by atoms with van der Waals surface area (Å²) in [5.41, 5.74) is 4.47. The first-order chi connectivity index (χ1) is 9.85. The Balaban J connectivity index is 1.80. The van der Waals surface area contributed by atoms with E-state index in [9.17, 15) is 0 Å². The highest BCUT2D eigenvalue weighted by Crippen LogP contribution is 2.17. The predicted molar refractivity (Wildman–Crippen MR) is 85.0 cm³/mol. The third kappa shape index (κ3) is 2.79. The zero-order valence-corrected chi connectivity index (χ0v) is 11.8. The van der Waals surface area contributed by atoms with Crippen LogP contribution in [0.25, 0.3) is 6.08 Å². The van der Waals surface area contributed by atoms with Crippen molar-refractivity contribution in [3.8, 4) is 6.07 Å². The van der Waals surface area contributed by atoms with Crippen LogP contribution in [0.15, 0.2) is 54.2 Å². The van der Waals surface area contributed by atoms with Gasteiger partial charge in [0.25, 0.3) is 0 Å². The van der Waals surface area contributed by atoms with Crippen molar-refractivity contribution in [2.45, 2.75) is 6.54 Å². The van der Waals surface area contributed by atoms with Gasteiger partial charge in [0.1, 0.15) is 0 Å². The molecule has 1 aliphatic rings. The fourth-order valence-corrected chi connectivity index (χ4v) is 2.88. The molecule has 0 radical (unpaired) electrons. The molecule has 2 aromatic rings. The van der Waals surface area contributed by atoms with Gasteiger partial charge in [-0.05, 0) is 47.3 Å². The molecule has 1 aliphatic heterocycles. The van der Waals surface area contributed by atoms with Gasteiger partial charge in [-0.25, -0.2) is 0 Å². The summed E-state index contributed by atoms with van der Waals surface area (Å²) in [5, 5.41) is 13.4. The number of nitrogens with one attached hydrogen (secondary N) is 1. The Bertz CT molecular complexity index is 721. The van der Waals surface area contributed by atoms with Gasteiger partial charge in [-0.3, -0.25) is 0 Å². The molecule has 3 heteroatoms. The van der Waals surface area contributed by atoms with Crippen molar-refractivity contribution in [3.05, 3.63) is 70.9 Å². The quantitative estimate of drug-likeness (QED) is 0.856. The van der Waals surface area contributed by atoms with E-state index >= 15 is 0 Å². The van der Waals surface area contributed by atoms with Crippen LogP contribution >= 0.6 is 8.20 Å². The van der Waals surface area contributed by atoms with Crippen LogP contribution in [0, 0.1) is 11.3 Å². The molecular weight excluding hydrogens is 263 g/mol. The molecular formula is C17H13N2P. The topological polar surface area (TPSA) is 35.8 Å². The molecule has 0 atom stereocenters. The van der Waals surface area contributed by atoms with E-state index in [4.69, 9.17) is 5.26 Å². The Labute approximate surface area is 120 Å². The molecule has 0 saturated heterocycles. The monoisotopic (exact) mass is 276 g/mol. The van der Waals surface area contributed by atoms with Gasteiger partial charge >= 0.3 is 0 Å². The van der Waals surface area contributed by atoms with Crippen molar-refractivity contribution in [2.24, 2.45) is 0 Å². The molecule has 0 spiro atoms. The summed E-state index contributed by atoms with van der Waals surface area (Å²) in [7, 11) is 1.13. The van der Waals surface area contributed by atoms with Gasteiger partial charge in [0, 0.05) is 17.5 Å². The normalized spacial score (nSPS) is 13.2. The van der Waals surface area contributed by atoms with Crippen molar-refractivity contribution in [1.29, 1.82) is 5.26 Å². The first-order valence-corrected chi connectivity index (χ1v) is 7.39. The van der Waals surface area contributed by atoms with Crippen molar-refractivity contribution in [2.75, 3.05) is 0 Å². The molecule has 0 unspecified atom stereocenters. The van der Waals surface area contributed by atoms with Crippen LogP contribution in [-0.2, 0) is 6.54 Å². The summed E-state index contributed by atoms with van der Waals surface area (Å²) in [6, 6.07) is 18.3. The van der Waals surface area contributed by atoms with Gasteiger partial charge in [0.05, 0.1) is 11.6 Å². The summed E-state index contributed by atoms with van der Waals surface area (Å²) in [6.07, 6.45) is 2.18. The highest BCUT2D eigenvalue weighted by molar-refractivity contribution is 7.47. The van der Waals surface area contributed by atoms with Crippen LogP contribution in [0.4, 0.5) is 0 Å². The lowest BCUT2D eigenvalue weighted by molar-refractivity contribution is 0.839. The molecule has 0 aliphatic carbocycles. The molecule has 2 nitrogen and oxygen atoms in total. The molecule has 0 aromatic heterocycles. The van der Waals surface area contributed by atoms with Crippen LogP contribution in [0.2, 0.25) is 0 Å². The molecule has 2 aromatic carbocycles. The standard InChI is InChI=1S/C17H13N2P/c18-10-13-5-7-17(8-6-13)20-12-16-9-14-3-1-2-4-15(14)11-19-16/h1-9,12,19H,11H2. The SMILES string of the molecule is N#Cc1ccc(P=CC2=Cc3ccccc3CN2)cc1. The molecule has 0 bridgehead atoms. The first-order valence-electron chi connectivity index (χ1n) is 6.43. The van der Waals surface area contributed by atoms with E-state index in [0.717, 1.165) is 20.4 Å². The third-order valence-electron chi connectivity index (χ3n) is 3.20. The number of hydrogen-bond acceptors (Lipinski definition) is 2. The van der Waals surface area contributed by atoms with E-state index in [1.54, 1.807) is 0 Å². The maximum atomic E-state index is 8.78. The van der Waals surface area contributed by atoms with Crippen molar-refractivity contribution >= 4 is 25.4 Å². The van der Waals surface area contributed by atoms with Crippen LogP contribution in [0.5, 0.6) is 0 Å². The summed E-state index contributed by atoms with van der Waals surface area (Å²) >= 11 is 0. The maximum Gasteiger partial charge on any atom is 0.0991 e. The van der Waals surface area contributed by atoms with Gasteiger partial charge in [-0.2, -0.15) is 5.26 Å². The lowest BCUT2D eigenvalue weighted by atomic mass is 10.0. The number of allylic oxidation sites excluding steroid dienone is 1. The van der Waals surface area contributed by atoms with E-state index < -0.39 is 0 Å². The Morgan fingerprint density at radius 3 is 2.70 bits per heavy atom. The Kier molecular flexibility index (Phi) is 3.63. The molecule has 0 amide bonds. The lowest BCUT2D eigenvalue weighted by Gasteiger charge is -2.16. The molecule has 1 N–H and O–H groups in total. The minimum atomic E-state index is 0.702. The zero-order chi connectivity index (χ0) is 13.8. The summed E-state index contributed by atoms with van der Waals surface area (Å²) in [4.78, 5) is 0. The van der Waals surface area contributed by atoms with Crippen molar-refractivity contribution in [1.82, 2.24) is 5.32 Å². The minimum absolute atomic E-state index is 0.702. The molecule has 1 heterocycles. The second-order valence-electron chi connectivity index (χ2n) is 4.57. The van der Waals surface area contributed by atoms with E-state index in [0.29, 0.717) is 5.56 Å². The molecule has 0 fully saturated rings. The van der Waals surface area contributed by atoms with Gasteiger partial charge in [0.2, 0.25) is 0 Å². The highest BCUT2D eigenvalue weighted by Gasteiger charge is 2.06. The van der Waals surface area contributed by atoms with Crippen molar-refractivity contribution < 1.29 is 0 Å². The number of benzene rings is 2. The van der Waals surface area contributed by atoms with E-state index in [1.165, 1.54) is 16.4 Å². The number of hydrogen-bond donors (Lipinski definition) is 1. The smallest absolute Gasteiger partial charge is 0.0991 e. The van der Waals surface area contributed by atoms with Gasteiger partial charge in [-0.1, -0.05) is 32.5 Å². The fraction of sp³-hybridized carbons (Fsp3) is 0.0588. The Hall–Kier alpha value is -2.36. The largest absolute Gasteiger partial charge is 0.381 e. The van der Waals surface area contributed by atoms with Crippen LogP contribution in [-0.4, -0.2) is 5.80 Å². The lowest BCUT2D eigenvalue weighted by Crippen LogP contribution is -2.18. The highest BCUT2D eigenvalue weighted by atomic mass is 31.1. The van der Waals surface area contributed by atoms with E-state index in [1.807, 2.05) is 24.3 Å². The summed E-state index contributed by atoms with van der Waals surface area (Å²) in [6.45, 7) is 0.876. The van der Waals surface area contributed by atoms with Crippen LogP contribution in [0.1, 0.15) is 16.7 Å². The fourth-order valence-electron chi connectivity index (χ4n) is 2.10. The number of rotatable bonds is 2. The summed E-state index contributed by atoms with van der Waals surface area (Å²) in [5.74, 6) is 2.16. The van der Waals surface area contributed by atoms with Crippen molar-refractivity contribution in [3.63, 3.8) is 0 Å². The van der Waals surface area contributed by atoms with Gasteiger partial charge in [0.15, 0.2) is 0 Å². The number of nitriles is 1. The second-order valence-corrected chi connectivity index (χ2v) is 5.60. The average Bonchev–Trinajstić information content (AvgIpc) is 2.53. The second kappa shape index (κ2) is 5.74. The minimum Gasteiger partial charge on any atom is -0.381 e. The molecule has 3 rings (SSSR count). The Morgan fingerprint density at radius 2 is 1.90 bits per heavy atom. The number of fused-ring (bicyclic) bond motifs is 1. The maximum absolute atomic E-state index is 8.78. The first kappa shape index (κ1) is 12.7. The average molecular weight is 276 g/mol. The summed E-state index contributed by atoms with van der Waals surface area (Å²) < 4.78 is 0. The van der Waals surface area contributed by atoms with E-state index in [2.05, 4.69) is 47.5 Å². The molecule has 96 valence electrons. The van der Waals surface area contributed by atoms with Gasteiger partial charge < -0.3 is 5.32 Å². The van der Waals surface area contributed by atoms with Gasteiger partial charge in [-0.15, -0.1) is 0 Å². The van der Waals surface area contributed by atoms with Crippen LogP contribution in [0.3, 0.4) is 0 Å². The van der Waals surface area contributed by atoms with E-state index in [-0.39, 0.29) is 0 Å². The molecule has 20 heavy (non-hydrogen) atoms. The predicted octanol–water partition coefficient (Wildman–Crippen LogP) is 3.08. The van der Waals surface area contributed by atoms with Crippen LogP contribution < -0.4 is 10.6 Å². The number of nitrogens with zero attached hydrogens (tertiary/aromatic N) is 1. The zero-order valence-electron chi connectivity index (χ0n) is 10.9.